The number of anilines is 1. The zero-order valence-corrected chi connectivity index (χ0v) is 14.0. The molecule has 7 nitrogen and oxygen atoms in total. The molecule has 0 aliphatic carbocycles. The number of hydrogen-bond donors (Lipinski definition) is 1. The summed E-state index contributed by atoms with van der Waals surface area (Å²) in [5.41, 5.74) is 1.55. The second-order valence-electron chi connectivity index (χ2n) is 5.15. The van der Waals surface area contributed by atoms with E-state index < -0.39 is 18.5 Å². The lowest BCUT2D eigenvalue weighted by Gasteiger charge is -2.05. The minimum atomic E-state index is -0.702. The van der Waals surface area contributed by atoms with Crippen molar-refractivity contribution >= 4 is 29.3 Å². The number of nitrogens with one attached hydrogen (secondary N) is 1. The lowest BCUT2D eigenvalue weighted by molar-refractivity contribution is -0.119. The topological polar surface area (TPSA) is 86.4 Å². The monoisotopic (exact) mass is 359 g/mol. The Labute approximate surface area is 148 Å². The van der Waals surface area contributed by atoms with Crippen molar-refractivity contribution in [1.29, 1.82) is 0 Å². The van der Waals surface area contributed by atoms with Crippen molar-refractivity contribution in [3.8, 4) is 11.3 Å². The summed E-state index contributed by atoms with van der Waals surface area (Å²) in [7, 11) is 1.70. The van der Waals surface area contributed by atoms with Crippen molar-refractivity contribution in [2.45, 2.75) is 0 Å². The lowest BCUT2D eigenvalue weighted by atomic mass is 10.1. The van der Waals surface area contributed by atoms with Gasteiger partial charge < -0.3 is 14.5 Å². The second kappa shape index (κ2) is 7.23. The fraction of sp³-hybridized carbons (Fsp3) is 0.118. The van der Waals surface area contributed by atoms with E-state index in [0.717, 1.165) is 5.56 Å². The van der Waals surface area contributed by atoms with Gasteiger partial charge in [-0.15, -0.1) is 0 Å². The number of aromatic nitrogens is 2. The third-order valence-electron chi connectivity index (χ3n) is 3.34. The molecule has 0 saturated heterocycles. The van der Waals surface area contributed by atoms with Crippen molar-refractivity contribution in [2.24, 2.45) is 7.05 Å². The number of rotatable bonds is 5. The molecule has 1 amide bonds. The second-order valence-corrected chi connectivity index (χ2v) is 5.58. The minimum absolute atomic E-state index is 0.0401. The number of furan rings is 1. The van der Waals surface area contributed by atoms with E-state index in [4.69, 9.17) is 20.8 Å². The molecule has 128 valence electrons. The number of esters is 1. The van der Waals surface area contributed by atoms with E-state index in [0.29, 0.717) is 16.5 Å². The van der Waals surface area contributed by atoms with Crippen LogP contribution in [0.2, 0.25) is 5.02 Å². The van der Waals surface area contributed by atoms with Crippen molar-refractivity contribution < 1.29 is 18.7 Å². The SMILES string of the molecule is Cn1nc(-c2ccc(Cl)cc2)cc1NC(=O)COC(=O)c1ccco1. The molecule has 0 atom stereocenters. The van der Waals surface area contributed by atoms with Gasteiger partial charge in [0.1, 0.15) is 5.82 Å². The normalized spacial score (nSPS) is 10.5. The van der Waals surface area contributed by atoms with Gasteiger partial charge in [-0.25, -0.2) is 4.79 Å². The first-order chi connectivity index (χ1) is 12.0. The van der Waals surface area contributed by atoms with E-state index in [9.17, 15) is 9.59 Å². The number of ether oxygens (including phenoxy) is 1. The molecule has 2 heterocycles. The van der Waals surface area contributed by atoms with Gasteiger partial charge in [0, 0.05) is 23.7 Å². The Bertz CT molecular complexity index is 885. The van der Waals surface area contributed by atoms with E-state index in [1.165, 1.54) is 17.0 Å². The van der Waals surface area contributed by atoms with Crippen LogP contribution in [-0.4, -0.2) is 28.3 Å². The van der Waals surface area contributed by atoms with Crippen LogP contribution in [0, 0.1) is 0 Å². The first-order valence-electron chi connectivity index (χ1n) is 7.33. The van der Waals surface area contributed by atoms with Gasteiger partial charge in [-0.3, -0.25) is 9.48 Å². The maximum Gasteiger partial charge on any atom is 0.374 e. The smallest absolute Gasteiger partial charge is 0.374 e. The summed E-state index contributed by atoms with van der Waals surface area (Å²) in [5, 5.41) is 7.61. The van der Waals surface area contributed by atoms with E-state index >= 15 is 0 Å². The number of aryl methyl sites for hydroxylation is 1. The molecule has 0 radical (unpaired) electrons. The predicted octanol–water partition coefficient (Wildman–Crippen LogP) is 3.13. The average molecular weight is 360 g/mol. The third-order valence-corrected chi connectivity index (χ3v) is 3.60. The van der Waals surface area contributed by atoms with Crippen LogP contribution in [-0.2, 0) is 16.6 Å². The predicted molar refractivity (Wildman–Crippen MR) is 91.3 cm³/mol. The number of carbonyl (C=O) groups is 2. The quantitative estimate of drug-likeness (QED) is 0.707. The molecule has 0 fully saturated rings. The van der Waals surface area contributed by atoms with Crippen LogP contribution >= 0.6 is 11.6 Å². The maximum absolute atomic E-state index is 12.0. The van der Waals surface area contributed by atoms with Gasteiger partial charge in [0.05, 0.1) is 12.0 Å². The number of hydrogen-bond acceptors (Lipinski definition) is 5. The number of benzene rings is 1. The van der Waals surface area contributed by atoms with Crippen LogP contribution in [0.4, 0.5) is 5.82 Å². The summed E-state index contributed by atoms with van der Waals surface area (Å²) in [6.45, 7) is -0.430. The molecule has 0 spiro atoms. The first kappa shape index (κ1) is 16.8. The van der Waals surface area contributed by atoms with E-state index in [1.54, 1.807) is 31.3 Å². The summed E-state index contributed by atoms with van der Waals surface area (Å²) in [6, 6.07) is 11.9. The van der Waals surface area contributed by atoms with Crippen LogP contribution in [0.1, 0.15) is 10.6 Å². The van der Waals surface area contributed by atoms with Gasteiger partial charge in [0.25, 0.3) is 5.91 Å². The molecule has 1 N–H and O–H groups in total. The molecule has 3 aromatic rings. The summed E-state index contributed by atoms with van der Waals surface area (Å²) in [4.78, 5) is 23.6. The fourth-order valence-corrected chi connectivity index (χ4v) is 2.25. The maximum atomic E-state index is 12.0. The lowest BCUT2D eigenvalue weighted by Crippen LogP contribution is -2.22. The fourth-order valence-electron chi connectivity index (χ4n) is 2.12. The molecule has 0 unspecified atom stereocenters. The van der Waals surface area contributed by atoms with Crippen molar-refractivity contribution in [2.75, 3.05) is 11.9 Å². The molecule has 0 bridgehead atoms. The Balaban J connectivity index is 1.61. The van der Waals surface area contributed by atoms with Gasteiger partial charge in [-0.05, 0) is 24.3 Å². The first-order valence-corrected chi connectivity index (χ1v) is 7.71. The van der Waals surface area contributed by atoms with Crippen LogP contribution < -0.4 is 5.32 Å². The Morgan fingerprint density at radius 1 is 1.28 bits per heavy atom. The highest BCUT2D eigenvalue weighted by Gasteiger charge is 2.14. The number of carbonyl (C=O) groups excluding carboxylic acids is 2. The summed E-state index contributed by atoms with van der Waals surface area (Å²) in [5.74, 6) is -0.667. The molecular weight excluding hydrogens is 346 g/mol. The minimum Gasteiger partial charge on any atom is -0.457 e. The highest BCUT2D eigenvalue weighted by atomic mass is 35.5. The molecule has 8 heteroatoms. The molecular formula is C17H14ClN3O4. The number of halogens is 1. The zero-order valence-electron chi connectivity index (χ0n) is 13.2. The van der Waals surface area contributed by atoms with E-state index in [2.05, 4.69) is 10.4 Å². The Hall–Kier alpha value is -3.06. The largest absolute Gasteiger partial charge is 0.457 e. The summed E-state index contributed by atoms with van der Waals surface area (Å²) < 4.78 is 11.3. The number of nitrogens with zero attached hydrogens (tertiary/aromatic N) is 2. The Morgan fingerprint density at radius 2 is 2.04 bits per heavy atom. The standard InChI is InChI=1S/C17H14ClN3O4/c1-21-15(9-13(20-21)11-4-6-12(18)7-5-11)19-16(22)10-25-17(23)14-3-2-8-24-14/h2-9H,10H2,1H3,(H,19,22). The van der Waals surface area contributed by atoms with Crippen LogP contribution in [0.15, 0.2) is 53.1 Å². The van der Waals surface area contributed by atoms with Gasteiger partial charge in [-0.1, -0.05) is 23.7 Å². The van der Waals surface area contributed by atoms with Gasteiger partial charge in [-0.2, -0.15) is 5.10 Å². The van der Waals surface area contributed by atoms with Crippen molar-refractivity contribution in [3.63, 3.8) is 0 Å². The van der Waals surface area contributed by atoms with Gasteiger partial charge in [0.2, 0.25) is 5.76 Å². The van der Waals surface area contributed by atoms with Gasteiger partial charge >= 0.3 is 5.97 Å². The average Bonchev–Trinajstić information content (AvgIpc) is 3.24. The molecule has 0 saturated carbocycles. The summed E-state index contributed by atoms with van der Waals surface area (Å²) >= 11 is 5.87. The zero-order chi connectivity index (χ0) is 17.8. The molecule has 3 rings (SSSR count). The Morgan fingerprint density at radius 3 is 2.72 bits per heavy atom. The van der Waals surface area contributed by atoms with Crippen LogP contribution in [0.25, 0.3) is 11.3 Å². The molecule has 25 heavy (non-hydrogen) atoms. The molecule has 1 aromatic carbocycles. The molecule has 2 aromatic heterocycles. The summed E-state index contributed by atoms with van der Waals surface area (Å²) in [6.07, 6.45) is 1.35. The van der Waals surface area contributed by atoms with Crippen LogP contribution in [0.5, 0.6) is 0 Å². The van der Waals surface area contributed by atoms with E-state index in [1.807, 2.05) is 12.1 Å². The molecule has 0 aliphatic heterocycles. The number of amides is 1. The van der Waals surface area contributed by atoms with Gasteiger partial charge in [0.15, 0.2) is 6.61 Å². The van der Waals surface area contributed by atoms with E-state index in [-0.39, 0.29) is 5.76 Å². The third kappa shape index (κ3) is 4.07. The van der Waals surface area contributed by atoms with Crippen molar-refractivity contribution in [1.82, 2.24) is 9.78 Å². The Kier molecular flexibility index (Phi) is 4.85. The molecule has 0 aliphatic rings. The van der Waals surface area contributed by atoms with Crippen molar-refractivity contribution in [3.05, 3.63) is 59.5 Å². The highest BCUT2D eigenvalue weighted by Crippen LogP contribution is 2.23. The highest BCUT2D eigenvalue weighted by molar-refractivity contribution is 6.30. The van der Waals surface area contributed by atoms with Crippen LogP contribution in [0.3, 0.4) is 0 Å².